The molecule has 6 heteroatoms. The molecule has 2 heterocycles. The molecule has 1 aromatic carbocycles. The zero-order valence-electron chi connectivity index (χ0n) is 11.3. The number of aliphatic hydroxyl groups excluding tert-OH is 1. The smallest absolute Gasteiger partial charge is 0.246 e. The highest BCUT2D eigenvalue weighted by Gasteiger charge is 2.32. The van der Waals surface area contributed by atoms with Gasteiger partial charge in [-0.1, -0.05) is 11.6 Å². The Hall–Kier alpha value is -1.30. The normalized spacial score (nSPS) is 24.9. The van der Waals surface area contributed by atoms with Crippen LogP contribution in [-0.2, 0) is 4.79 Å². The molecule has 108 valence electrons. The molecule has 0 radical (unpaired) electrons. The molecule has 3 N–H and O–H groups in total. The van der Waals surface area contributed by atoms with Crippen LogP contribution in [0.15, 0.2) is 12.1 Å². The van der Waals surface area contributed by atoms with Gasteiger partial charge in [0, 0.05) is 36.9 Å². The van der Waals surface area contributed by atoms with Gasteiger partial charge in [-0.15, -0.1) is 0 Å². The van der Waals surface area contributed by atoms with Gasteiger partial charge in [0.15, 0.2) is 0 Å². The van der Waals surface area contributed by atoms with E-state index in [0.717, 1.165) is 36.4 Å². The first-order chi connectivity index (χ1) is 9.63. The SMILES string of the molecule is CNC1C(=O)Nc2cc(N3CCC(CO)C3)c(Cl)cc21. The Morgan fingerprint density at radius 1 is 1.55 bits per heavy atom. The largest absolute Gasteiger partial charge is 0.396 e. The summed E-state index contributed by atoms with van der Waals surface area (Å²) in [7, 11) is 1.76. The second kappa shape index (κ2) is 5.24. The fourth-order valence-electron chi connectivity index (χ4n) is 3.00. The molecule has 0 saturated carbocycles. The number of hydrogen-bond acceptors (Lipinski definition) is 4. The topological polar surface area (TPSA) is 64.6 Å². The zero-order chi connectivity index (χ0) is 14.3. The molecule has 0 aliphatic carbocycles. The number of halogens is 1. The minimum absolute atomic E-state index is 0.0506. The van der Waals surface area contributed by atoms with Gasteiger partial charge in [-0.25, -0.2) is 0 Å². The summed E-state index contributed by atoms with van der Waals surface area (Å²) in [4.78, 5) is 14.0. The van der Waals surface area contributed by atoms with Crippen LogP contribution in [0, 0.1) is 5.92 Å². The van der Waals surface area contributed by atoms with Crippen molar-refractivity contribution in [2.24, 2.45) is 5.92 Å². The molecule has 3 rings (SSSR count). The van der Waals surface area contributed by atoms with Gasteiger partial charge >= 0.3 is 0 Å². The lowest BCUT2D eigenvalue weighted by Crippen LogP contribution is -2.23. The van der Waals surface area contributed by atoms with Crippen LogP contribution >= 0.6 is 11.6 Å². The van der Waals surface area contributed by atoms with Crippen molar-refractivity contribution in [2.75, 3.05) is 37.0 Å². The number of hydrogen-bond donors (Lipinski definition) is 3. The summed E-state index contributed by atoms with van der Waals surface area (Å²) in [6.45, 7) is 1.89. The van der Waals surface area contributed by atoms with Crippen LogP contribution in [0.2, 0.25) is 5.02 Å². The first kappa shape index (κ1) is 13.7. The van der Waals surface area contributed by atoms with E-state index in [0.29, 0.717) is 10.9 Å². The Morgan fingerprint density at radius 2 is 2.35 bits per heavy atom. The Labute approximate surface area is 122 Å². The number of anilines is 2. The fraction of sp³-hybridized carbons (Fsp3) is 0.500. The Bertz CT molecular complexity index is 549. The molecule has 2 unspecified atom stereocenters. The Kier molecular flexibility index (Phi) is 3.58. The van der Waals surface area contributed by atoms with Crippen LogP contribution in [0.25, 0.3) is 0 Å². The first-order valence-corrected chi connectivity index (χ1v) is 7.19. The number of nitrogens with one attached hydrogen (secondary N) is 2. The van der Waals surface area contributed by atoms with Gasteiger partial charge in [-0.2, -0.15) is 0 Å². The van der Waals surface area contributed by atoms with Gasteiger partial charge in [0.1, 0.15) is 6.04 Å². The van der Waals surface area contributed by atoms with E-state index in [-0.39, 0.29) is 18.6 Å². The van der Waals surface area contributed by atoms with Crippen molar-refractivity contribution < 1.29 is 9.90 Å². The van der Waals surface area contributed by atoms with Crippen LogP contribution in [0.5, 0.6) is 0 Å². The van der Waals surface area contributed by atoms with Crippen molar-refractivity contribution in [2.45, 2.75) is 12.5 Å². The predicted molar refractivity (Wildman–Crippen MR) is 79.3 cm³/mol. The average molecular weight is 296 g/mol. The molecule has 5 nitrogen and oxygen atoms in total. The maximum atomic E-state index is 11.8. The van der Waals surface area contributed by atoms with E-state index in [2.05, 4.69) is 15.5 Å². The summed E-state index contributed by atoms with van der Waals surface area (Å²) >= 11 is 6.38. The monoisotopic (exact) mass is 295 g/mol. The molecule has 0 spiro atoms. The molecule has 1 aromatic rings. The number of nitrogens with zero attached hydrogens (tertiary/aromatic N) is 1. The highest BCUT2D eigenvalue weighted by atomic mass is 35.5. The molecule has 1 fully saturated rings. The number of fused-ring (bicyclic) bond motifs is 1. The highest BCUT2D eigenvalue weighted by molar-refractivity contribution is 6.33. The van der Waals surface area contributed by atoms with E-state index < -0.39 is 0 Å². The van der Waals surface area contributed by atoms with Gasteiger partial charge in [0.05, 0.1) is 10.7 Å². The summed E-state index contributed by atoms with van der Waals surface area (Å²) in [6.07, 6.45) is 0.968. The minimum Gasteiger partial charge on any atom is -0.396 e. The number of carbonyl (C=O) groups excluding carboxylic acids is 1. The van der Waals surface area contributed by atoms with Crippen LogP contribution in [0.3, 0.4) is 0 Å². The van der Waals surface area contributed by atoms with Crippen LogP contribution < -0.4 is 15.5 Å². The second-order valence-electron chi connectivity index (χ2n) is 5.39. The van der Waals surface area contributed by atoms with Crippen molar-refractivity contribution in [1.29, 1.82) is 0 Å². The highest BCUT2D eigenvalue weighted by Crippen LogP contribution is 2.40. The van der Waals surface area contributed by atoms with Crippen molar-refractivity contribution in [3.8, 4) is 0 Å². The van der Waals surface area contributed by atoms with E-state index in [1.54, 1.807) is 7.05 Å². The number of amides is 1. The van der Waals surface area contributed by atoms with Crippen molar-refractivity contribution in [1.82, 2.24) is 5.32 Å². The zero-order valence-corrected chi connectivity index (χ0v) is 12.1. The third kappa shape index (κ3) is 2.16. The third-order valence-electron chi connectivity index (χ3n) is 4.12. The number of aliphatic hydroxyl groups is 1. The van der Waals surface area contributed by atoms with Crippen molar-refractivity contribution in [3.63, 3.8) is 0 Å². The molecule has 2 aliphatic rings. The summed E-state index contributed by atoms with van der Waals surface area (Å²) in [6, 6.07) is 3.46. The number of carbonyl (C=O) groups is 1. The molecule has 0 bridgehead atoms. The van der Waals surface area contributed by atoms with Gasteiger partial charge < -0.3 is 20.6 Å². The maximum Gasteiger partial charge on any atom is 0.246 e. The summed E-state index contributed by atoms with van der Waals surface area (Å²) < 4.78 is 0. The summed E-state index contributed by atoms with van der Waals surface area (Å²) in [5.41, 5.74) is 2.64. The standard InChI is InChI=1S/C14H18ClN3O2/c1-16-13-9-4-10(15)12(5-11(9)17-14(13)20)18-3-2-8(6-18)7-19/h4-5,8,13,16,19H,2-3,6-7H2,1H3,(H,17,20). The Morgan fingerprint density at radius 3 is 3.00 bits per heavy atom. The molecule has 20 heavy (non-hydrogen) atoms. The quantitative estimate of drug-likeness (QED) is 0.788. The van der Waals surface area contributed by atoms with Crippen molar-refractivity contribution in [3.05, 3.63) is 22.7 Å². The Balaban J connectivity index is 1.92. The van der Waals surface area contributed by atoms with Gasteiger partial charge in [-0.3, -0.25) is 4.79 Å². The lowest BCUT2D eigenvalue weighted by atomic mass is 10.1. The molecule has 1 saturated heterocycles. The minimum atomic E-state index is -0.333. The van der Waals surface area contributed by atoms with Crippen LogP contribution in [0.1, 0.15) is 18.0 Å². The van der Waals surface area contributed by atoms with E-state index in [4.69, 9.17) is 11.6 Å². The second-order valence-corrected chi connectivity index (χ2v) is 5.79. The number of rotatable bonds is 3. The van der Waals surface area contributed by atoms with Crippen molar-refractivity contribution >= 4 is 28.9 Å². The lowest BCUT2D eigenvalue weighted by Gasteiger charge is -2.21. The molecule has 1 amide bonds. The number of benzene rings is 1. The molecule has 0 aromatic heterocycles. The van der Waals surface area contributed by atoms with Crippen LogP contribution in [0.4, 0.5) is 11.4 Å². The fourth-order valence-corrected chi connectivity index (χ4v) is 3.29. The first-order valence-electron chi connectivity index (χ1n) is 6.81. The predicted octanol–water partition coefficient (Wildman–Crippen LogP) is 1.37. The number of likely N-dealkylation sites (N-methyl/N-ethyl adjacent to an activating group) is 1. The van der Waals surface area contributed by atoms with E-state index in [9.17, 15) is 9.90 Å². The summed E-state index contributed by atoms with van der Waals surface area (Å²) in [5.74, 6) is 0.254. The van der Waals surface area contributed by atoms with Gasteiger partial charge in [0.2, 0.25) is 5.91 Å². The van der Waals surface area contributed by atoms with Gasteiger partial charge in [-0.05, 0) is 25.6 Å². The summed E-state index contributed by atoms with van der Waals surface area (Å²) in [5, 5.41) is 15.7. The lowest BCUT2D eigenvalue weighted by molar-refractivity contribution is -0.117. The third-order valence-corrected chi connectivity index (χ3v) is 4.43. The van der Waals surface area contributed by atoms with Gasteiger partial charge in [0.25, 0.3) is 0 Å². The van der Waals surface area contributed by atoms with E-state index in [1.807, 2.05) is 12.1 Å². The molecule has 2 atom stereocenters. The average Bonchev–Trinajstić information content (AvgIpc) is 3.01. The molecular weight excluding hydrogens is 278 g/mol. The maximum absolute atomic E-state index is 11.8. The molecular formula is C14H18ClN3O2. The van der Waals surface area contributed by atoms with E-state index in [1.165, 1.54) is 0 Å². The molecule has 2 aliphatic heterocycles. The van der Waals surface area contributed by atoms with E-state index >= 15 is 0 Å². The van der Waals surface area contributed by atoms with Crippen LogP contribution in [-0.4, -0.2) is 37.8 Å².